The van der Waals surface area contributed by atoms with E-state index in [-0.39, 0.29) is 12.5 Å². The molecule has 3 N–H and O–H groups in total. The third kappa shape index (κ3) is 3.19. The van der Waals surface area contributed by atoms with Crippen molar-refractivity contribution in [1.82, 2.24) is 5.43 Å². The number of carbonyl (C=O) groups is 1. The Kier molecular flexibility index (Phi) is 4.42. The second-order valence-electron chi connectivity index (χ2n) is 4.45. The van der Waals surface area contributed by atoms with Crippen LogP contribution in [0.1, 0.15) is 34.4 Å². The van der Waals surface area contributed by atoms with E-state index in [4.69, 9.17) is 15.0 Å². The molecule has 0 spiro atoms. The van der Waals surface area contributed by atoms with E-state index in [0.29, 0.717) is 17.1 Å². The average Bonchev–Trinajstić information content (AvgIpc) is 2.85. The van der Waals surface area contributed by atoms with Crippen molar-refractivity contribution in [2.75, 3.05) is 0 Å². The molecular formula is C15H18N2O3. The van der Waals surface area contributed by atoms with Crippen LogP contribution in [0.25, 0.3) is 0 Å². The monoisotopic (exact) mass is 274 g/mol. The summed E-state index contributed by atoms with van der Waals surface area (Å²) < 4.78 is 11.1. The maximum absolute atomic E-state index is 11.5. The second-order valence-corrected chi connectivity index (χ2v) is 4.45. The summed E-state index contributed by atoms with van der Waals surface area (Å²) in [6.45, 7) is 4.07. The number of amides is 1. The van der Waals surface area contributed by atoms with Crippen LogP contribution in [0.3, 0.4) is 0 Å². The Bertz CT molecular complexity index is 605. The van der Waals surface area contributed by atoms with Crippen LogP contribution in [0.2, 0.25) is 0 Å². The topological polar surface area (TPSA) is 77.5 Å². The molecule has 1 heterocycles. The molecule has 5 heteroatoms. The zero-order valence-electron chi connectivity index (χ0n) is 11.6. The molecule has 20 heavy (non-hydrogen) atoms. The molecule has 0 aliphatic carbocycles. The second kappa shape index (κ2) is 6.25. The summed E-state index contributed by atoms with van der Waals surface area (Å²) in [5.41, 5.74) is 3.72. The predicted molar refractivity (Wildman–Crippen MR) is 75.3 cm³/mol. The van der Waals surface area contributed by atoms with Gasteiger partial charge in [-0.15, -0.1) is 0 Å². The van der Waals surface area contributed by atoms with E-state index in [1.165, 1.54) is 5.56 Å². The van der Waals surface area contributed by atoms with Crippen LogP contribution >= 0.6 is 0 Å². The van der Waals surface area contributed by atoms with Crippen molar-refractivity contribution in [1.29, 1.82) is 0 Å². The lowest BCUT2D eigenvalue weighted by Gasteiger charge is -2.05. The fourth-order valence-corrected chi connectivity index (χ4v) is 1.93. The normalized spacial score (nSPS) is 10.3. The number of hydrogen-bond donors (Lipinski definition) is 2. The molecule has 0 saturated carbocycles. The molecule has 2 aromatic rings. The minimum atomic E-state index is -0.370. The lowest BCUT2D eigenvalue weighted by atomic mass is 10.2. The molecule has 1 aromatic heterocycles. The summed E-state index contributed by atoms with van der Waals surface area (Å²) >= 11 is 0. The molecule has 0 saturated heterocycles. The SMILES string of the molecule is CCc1cccc(OCc2cc(C(=O)NN)c(C)o2)c1. The van der Waals surface area contributed by atoms with Gasteiger partial charge in [0.2, 0.25) is 0 Å². The highest BCUT2D eigenvalue weighted by molar-refractivity contribution is 5.94. The van der Waals surface area contributed by atoms with Crippen LogP contribution in [0.5, 0.6) is 5.75 Å². The largest absolute Gasteiger partial charge is 0.486 e. The van der Waals surface area contributed by atoms with Gasteiger partial charge in [-0.2, -0.15) is 0 Å². The number of furan rings is 1. The highest BCUT2D eigenvalue weighted by Crippen LogP contribution is 2.18. The van der Waals surface area contributed by atoms with Gasteiger partial charge in [-0.05, 0) is 37.1 Å². The van der Waals surface area contributed by atoms with Crippen molar-refractivity contribution in [3.8, 4) is 5.75 Å². The van der Waals surface area contributed by atoms with Crippen LogP contribution in [0, 0.1) is 6.92 Å². The van der Waals surface area contributed by atoms with Gasteiger partial charge in [0.15, 0.2) is 0 Å². The fraction of sp³-hybridized carbons (Fsp3) is 0.267. The molecule has 0 bridgehead atoms. The average molecular weight is 274 g/mol. The first-order valence-electron chi connectivity index (χ1n) is 6.46. The minimum absolute atomic E-state index is 0.270. The summed E-state index contributed by atoms with van der Waals surface area (Å²) in [5.74, 6) is 6.63. The van der Waals surface area contributed by atoms with Gasteiger partial charge in [0.1, 0.15) is 23.9 Å². The number of nitrogens with one attached hydrogen (secondary N) is 1. The van der Waals surface area contributed by atoms with Crippen molar-refractivity contribution in [3.05, 3.63) is 53.0 Å². The number of ether oxygens (including phenoxy) is 1. The summed E-state index contributed by atoms with van der Waals surface area (Å²) in [6, 6.07) is 9.52. The van der Waals surface area contributed by atoms with Crippen LogP contribution in [-0.4, -0.2) is 5.91 Å². The standard InChI is InChI=1S/C15H18N2O3/c1-3-11-5-4-6-12(7-11)19-9-13-8-14(10(2)20-13)15(18)17-16/h4-8H,3,9,16H2,1-2H3,(H,17,18). The fourth-order valence-electron chi connectivity index (χ4n) is 1.93. The van der Waals surface area contributed by atoms with Crippen LogP contribution in [0.15, 0.2) is 34.7 Å². The molecule has 0 aliphatic heterocycles. The first kappa shape index (κ1) is 14.1. The molecule has 0 fully saturated rings. The lowest BCUT2D eigenvalue weighted by Crippen LogP contribution is -2.30. The minimum Gasteiger partial charge on any atom is -0.486 e. The van der Waals surface area contributed by atoms with Crippen LogP contribution in [0.4, 0.5) is 0 Å². The lowest BCUT2D eigenvalue weighted by molar-refractivity contribution is 0.0952. The first-order valence-corrected chi connectivity index (χ1v) is 6.46. The summed E-state index contributed by atoms with van der Waals surface area (Å²) in [7, 11) is 0. The number of aryl methyl sites for hydroxylation is 2. The molecule has 0 unspecified atom stereocenters. The molecule has 0 aliphatic rings. The molecule has 5 nitrogen and oxygen atoms in total. The maximum Gasteiger partial charge on any atom is 0.268 e. The summed E-state index contributed by atoms with van der Waals surface area (Å²) in [6.07, 6.45) is 0.956. The number of nitrogens with two attached hydrogens (primary N) is 1. The zero-order chi connectivity index (χ0) is 14.5. The van der Waals surface area contributed by atoms with Crippen molar-refractivity contribution < 1.29 is 13.9 Å². The highest BCUT2D eigenvalue weighted by Gasteiger charge is 2.14. The number of hydrogen-bond acceptors (Lipinski definition) is 4. The first-order chi connectivity index (χ1) is 9.63. The molecule has 0 atom stereocenters. The van der Waals surface area contributed by atoms with Crippen molar-refractivity contribution in [2.45, 2.75) is 26.9 Å². The van der Waals surface area contributed by atoms with E-state index in [2.05, 4.69) is 12.3 Å². The van der Waals surface area contributed by atoms with Crippen molar-refractivity contribution in [2.24, 2.45) is 5.84 Å². The van der Waals surface area contributed by atoms with Gasteiger partial charge >= 0.3 is 0 Å². The Hall–Kier alpha value is -2.27. The Morgan fingerprint density at radius 2 is 2.20 bits per heavy atom. The van der Waals surface area contributed by atoms with Gasteiger partial charge in [-0.1, -0.05) is 19.1 Å². The number of carbonyl (C=O) groups excluding carboxylic acids is 1. The predicted octanol–water partition coefficient (Wildman–Crippen LogP) is 2.33. The maximum atomic E-state index is 11.5. The van der Waals surface area contributed by atoms with E-state index >= 15 is 0 Å². The van der Waals surface area contributed by atoms with Gasteiger partial charge in [0, 0.05) is 0 Å². The van der Waals surface area contributed by atoms with Gasteiger partial charge in [0.05, 0.1) is 5.56 Å². The summed E-state index contributed by atoms with van der Waals surface area (Å²) in [4.78, 5) is 11.5. The van der Waals surface area contributed by atoms with Crippen LogP contribution < -0.4 is 16.0 Å². The Labute approximate surface area is 117 Å². The highest BCUT2D eigenvalue weighted by atomic mass is 16.5. The van der Waals surface area contributed by atoms with E-state index < -0.39 is 0 Å². The van der Waals surface area contributed by atoms with E-state index in [0.717, 1.165) is 12.2 Å². The number of nitrogen functional groups attached to an aromatic ring is 1. The molecule has 1 aromatic carbocycles. The molecule has 2 rings (SSSR count). The Morgan fingerprint density at radius 1 is 1.40 bits per heavy atom. The Morgan fingerprint density at radius 3 is 2.90 bits per heavy atom. The number of benzene rings is 1. The van der Waals surface area contributed by atoms with Crippen LogP contribution in [-0.2, 0) is 13.0 Å². The number of hydrazine groups is 1. The third-order valence-corrected chi connectivity index (χ3v) is 3.03. The van der Waals surface area contributed by atoms with Gasteiger partial charge < -0.3 is 9.15 Å². The molecular weight excluding hydrogens is 256 g/mol. The van der Waals surface area contributed by atoms with E-state index in [9.17, 15) is 4.79 Å². The van der Waals surface area contributed by atoms with Gasteiger partial charge in [-0.3, -0.25) is 10.2 Å². The zero-order valence-corrected chi connectivity index (χ0v) is 11.6. The quantitative estimate of drug-likeness (QED) is 0.498. The third-order valence-electron chi connectivity index (χ3n) is 3.03. The van der Waals surface area contributed by atoms with E-state index in [1.54, 1.807) is 13.0 Å². The summed E-state index contributed by atoms with van der Waals surface area (Å²) in [5, 5.41) is 0. The molecule has 106 valence electrons. The van der Waals surface area contributed by atoms with E-state index in [1.807, 2.05) is 24.3 Å². The van der Waals surface area contributed by atoms with Gasteiger partial charge in [0.25, 0.3) is 5.91 Å². The number of rotatable bonds is 5. The molecule has 1 amide bonds. The molecule has 0 radical (unpaired) electrons. The smallest absolute Gasteiger partial charge is 0.268 e. The van der Waals surface area contributed by atoms with Gasteiger partial charge in [-0.25, -0.2) is 5.84 Å². The Balaban J connectivity index is 2.05. The van der Waals surface area contributed by atoms with Crippen molar-refractivity contribution in [3.63, 3.8) is 0 Å². The van der Waals surface area contributed by atoms with Crippen molar-refractivity contribution >= 4 is 5.91 Å².